The van der Waals surface area contributed by atoms with Gasteiger partial charge in [0, 0.05) is 19.5 Å². The standard InChI is InChI=1S/C22H29NO/c1-2-3-18-23(19-10-15-20-11-6-4-7-12-20)22(24)17-16-21-13-8-5-9-14-21/h4-9,11-14H,2-3,10,15-19H2,1H3. The topological polar surface area (TPSA) is 20.3 Å². The van der Waals surface area contributed by atoms with Crippen molar-refractivity contribution in [2.45, 2.75) is 45.4 Å². The van der Waals surface area contributed by atoms with Crippen LogP contribution in [0.5, 0.6) is 0 Å². The Morgan fingerprint density at radius 2 is 1.33 bits per heavy atom. The molecular weight excluding hydrogens is 294 g/mol. The number of benzene rings is 2. The molecule has 0 fully saturated rings. The van der Waals surface area contributed by atoms with Crippen molar-refractivity contribution < 1.29 is 4.79 Å². The number of rotatable bonds is 10. The maximum absolute atomic E-state index is 12.6. The quantitative estimate of drug-likeness (QED) is 0.610. The average Bonchev–Trinajstić information content (AvgIpc) is 2.64. The zero-order valence-corrected chi connectivity index (χ0v) is 14.8. The number of carbonyl (C=O) groups excluding carboxylic acids is 1. The Morgan fingerprint density at radius 3 is 1.92 bits per heavy atom. The van der Waals surface area contributed by atoms with Gasteiger partial charge in [-0.1, -0.05) is 74.0 Å². The number of carbonyl (C=O) groups is 1. The third-order valence-electron chi connectivity index (χ3n) is 4.34. The average molecular weight is 323 g/mol. The fourth-order valence-corrected chi connectivity index (χ4v) is 2.88. The molecule has 0 bridgehead atoms. The van der Waals surface area contributed by atoms with Crippen LogP contribution in [-0.4, -0.2) is 23.9 Å². The zero-order valence-electron chi connectivity index (χ0n) is 14.8. The molecule has 0 unspecified atom stereocenters. The van der Waals surface area contributed by atoms with Crippen molar-refractivity contribution >= 4 is 5.91 Å². The maximum Gasteiger partial charge on any atom is 0.222 e. The summed E-state index contributed by atoms with van der Waals surface area (Å²) in [5, 5.41) is 0. The van der Waals surface area contributed by atoms with Crippen molar-refractivity contribution in [2.24, 2.45) is 0 Å². The summed E-state index contributed by atoms with van der Waals surface area (Å²) in [5.41, 5.74) is 2.59. The maximum atomic E-state index is 12.6. The lowest BCUT2D eigenvalue weighted by Gasteiger charge is -2.23. The van der Waals surface area contributed by atoms with Crippen LogP contribution in [0.3, 0.4) is 0 Å². The van der Waals surface area contributed by atoms with E-state index in [1.807, 2.05) is 24.3 Å². The fourth-order valence-electron chi connectivity index (χ4n) is 2.88. The Labute approximate surface area is 146 Å². The van der Waals surface area contributed by atoms with Crippen LogP contribution < -0.4 is 0 Å². The van der Waals surface area contributed by atoms with Gasteiger partial charge < -0.3 is 4.90 Å². The molecule has 0 saturated heterocycles. The smallest absolute Gasteiger partial charge is 0.222 e. The first kappa shape index (κ1) is 18.3. The third-order valence-corrected chi connectivity index (χ3v) is 4.34. The molecule has 0 atom stereocenters. The molecule has 2 nitrogen and oxygen atoms in total. The lowest BCUT2D eigenvalue weighted by Crippen LogP contribution is -2.33. The van der Waals surface area contributed by atoms with Gasteiger partial charge in [-0.2, -0.15) is 0 Å². The SMILES string of the molecule is CCCCN(CCCc1ccccc1)C(=O)CCc1ccccc1. The van der Waals surface area contributed by atoms with Gasteiger partial charge in [-0.3, -0.25) is 4.79 Å². The number of unbranched alkanes of at least 4 members (excludes halogenated alkanes) is 1. The van der Waals surface area contributed by atoms with Crippen LogP contribution in [0.15, 0.2) is 60.7 Å². The molecule has 2 aromatic rings. The van der Waals surface area contributed by atoms with E-state index in [0.29, 0.717) is 12.3 Å². The summed E-state index contributed by atoms with van der Waals surface area (Å²) in [6.45, 7) is 3.93. The van der Waals surface area contributed by atoms with E-state index in [2.05, 4.69) is 48.2 Å². The fraction of sp³-hybridized carbons (Fsp3) is 0.409. The van der Waals surface area contributed by atoms with E-state index in [1.165, 1.54) is 11.1 Å². The van der Waals surface area contributed by atoms with Crippen molar-refractivity contribution in [3.8, 4) is 0 Å². The molecule has 0 spiro atoms. The minimum Gasteiger partial charge on any atom is -0.343 e. The molecule has 0 N–H and O–H groups in total. The Balaban J connectivity index is 1.80. The molecule has 128 valence electrons. The summed E-state index contributed by atoms with van der Waals surface area (Å²) < 4.78 is 0. The highest BCUT2D eigenvalue weighted by molar-refractivity contribution is 5.76. The lowest BCUT2D eigenvalue weighted by atomic mass is 10.1. The predicted octanol–water partition coefficient (Wildman–Crippen LogP) is 4.88. The van der Waals surface area contributed by atoms with Crippen LogP contribution in [0, 0.1) is 0 Å². The normalized spacial score (nSPS) is 10.5. The minimum atomic E-state index is 0.292. The van der Waals surface area contributed by atoms with E-state index in [9.17, 15) is 4.79 Å². The van der Waals surface area contributed by atoms with E-state index in [1.54, 1.807) is 0 Å². The van der Waals surface area contributed by atoms with Crippen molar-refractivity contribution in [3.05, 3.63) is 71.8 Å². The molecule has 0 aliphatic heterocycles. The van der Waals surface area contributed by atoms with E-state index in [4.69, 9.17) is 0 Å². The van der Waals surface area contributed by atoms with Gasteiger partial charge in [0.15, 0.2) is 0 Å². The Morgan fingerprint density at radius 1 is 0.792 bits per heavy atom. The number of nitrogens with zero attached hydrogens (tertiary/aromatic N) is 1. The number of hydrogen-bond donors (Lipinski definition) is 0. The van der Waals surface area contributed by atoms with Crippen LogP contribution in [0.4, 0.5) is 0 Å². The second-order valence-electron chi connectivity index (χ2n) is 6.31. The second-order valence-corrected chi connectivity index (χ2v) is 6.31. The summed E-state index contributed by atoms with van der Waals surface area (Å²) in [4.78, 5) is 14.7. The summed E-state index contributed by atoms with van der Waals surface area (Å²) in [5.74, 6) is 0.292. The molecule has 2 rings (SSSR count). The molecule has 0 aromatic heterocycles. The van der Waals surface area contributed by atoms with Crippen LogP contribution in [0.2, 0.25) is 0 Å². The Hall–Kier alpha value is -2.09. The van der Waals surface area contributed by atoms with Crippen molar-refractivity contribution in [1.82, 2.24) is 4.90 Å². The molecule has 2 heteroatoms. The Kier molecular flexibility index (Phi) is 8.09. The van der Waals surface area contributed by atoms with Crippen molar-refractivity contribution in [1.29, 1.82) is 0 Å². The van der Waals surface area contributed by atoms with Gasteiger partial charge in [0.1, 0.15) is 0 Å². The van der Waals surface area contributed by atoms with Crippen LogP contribution in [0.25, 0.3) is 0 Å². The molecule has 0 aliphatic carbocycles. The van der Waals surface area contributed by atoms with Gasteiger partial charge in [0.05, 0.1) is 0 Å². The molecule has 0 radical (unpaired) electrons. The number of aryl methyl sites for hydroxylation is 2. The predicted molar refractivity (Wildman–Crippen MR) is 101 cm³/mol. The number of hydrogen-bond acceptors (Lipinski definition) is 1. The highest BCUT2D eigenvalue weighted by atomic mass is 16.2. The van der Waals surface area contributed by atoms with Crippen LogP contribution in [-0.2, 0) is 17.6 Å². The van der Waals surface area contributed by atoms with E-state index in [-0.39, 0.29) is 0 Å². The first-order chi connectivity index (χ1) is 11.8. The second kappa shape index (κ2) is 10.6. The molecule has 0 heterocycles. The van der Waals surface area contributed by atoms with E-state index >= 15 is 0 Å². The molecule has 1 amide bonds. The first-order valence-electron chi connectivity index (χ1n) is 9.15. The summed E-state index contributed by atoms with van der Waals surface area (Å²) >= 11 is 0. The molecular formula is C22H29NO. The summed E-state index contributed by atoms with van der Waals surface area (Å²) in [6, 6.07) is 20.8. The van der Waals surface area contributed by atoms with Gasteiger partial charge in [-0.25, -0.2) is 0 Å². The molecule has 2 aromatic carbocycles. The van der Waals surface area contributed by atoms with Crippen molar-refractivity contribution in [3.63, 3.8) is 0 Å². The zero-order chi connectivity index (χ0) is 17.0. The highest BCUT2D eigenvalue weighted by Gasteiger charge is 2.12. The van der Waals surface area contributed by atoms with E-state index < -0.39 is 0 Å². The van der Waals surface area contributed by atoms with Gasteiger partial charge in [0.2, 0.25) is 5.91 Å². The van der Waals surface area contributed by atoms with Gasteiger partial charge >= 0.3 is 0 Å². The monoisotopic (exact) mass is 323 g/mol. The summed E-state index contributed by atoms with van der Waals surface area (Å²) in [6.07, 6.45) is 5.73. The van der Waals surface area contributed by atoms with Crippen LogP contribution >= 0.6 is 0 Å². The third kappa shape index (κ3) is 6.57. The largest absolute Gasteiger partial charge is 0.343 e. The molecule has 0 saturated carbocycles. The van der Waals surface area contributed by atoms with Gasteiger partial charge in [0.25, 0.3) is 0 Å². The molecule has 24 heavy (non-hydrogen) atoms. The van der Waals surface area contributed by atoms with Crippen LogP contribution in [0.1, 0.15) is 43.7 Å². The summed E-state index contributed by atoms with van der Waals surface area (Å²) in [7, 11) is 0. The Bertz CT molecular complexity index is 579. The first-order valence-corrected chi connectivity index (χ1v) is 9.15. The van der Waals surface area contributed by atoms with Gasteiger partial charge in [-0.15, -0.1) is 0 Å². The lowest BCUT2D eigenvalue weighted by molar-refractivity contribution is -0.131. The highest BCUT2D eigenvalue weighted by Crippen LogP contribution is 2.09. The minimum absolute atomic E-state index is 0.292. The molecule has 0 aliphatic rings. The number of amides is 1. The van der Waals surface area contributed by atoms with Crippen molar-refractivity contribution in [2.75, 3.05) is 13.1 Å². The van der Waals surface area contributed by atoms with Gasteiger partial charge in [-0.05, 0) is 36.8 Å². The van der Waals surface area contributed by atoms with E-state index in [0.717, 1.165) is 45.2 Å².